The molecule has 1 heterocycles. The van der Waals surface area contributed by atoms with E-state index in [9.17, 15) is 0 Å². The Hall–Kier alpha value is -1.71. The van der Waals surface area contributed by atoms with E-state index in [4.69, 9.17) is 16.1 Å². The summed E-state index contributed by atoms with van der Waals surface area (Å²) < 4.78 is 5.09. The molecule has 0 spiro atoms. The van der Waals surface area contributed by atoms with E-state index in [1.54, 1.807) is 12.1 Å². The average Bonchev–Trinajstić information content (AvgIpc) is 2.53. The highest BCUT2D eigenvalue weighted by molar-refractivity contribution is 5.18. The highest BCUT2D eigenvalue weighted by Crippen LogP contribution is 2.05. The van der Waals surface area contributed by atoms with Crippen LogP contribution in [-0.4, -0.2) is 6.54 Å². The average molecular weight is 160 g/mol. The summed E-state index contributed by atoms with van der Waals surface area (Å²) in [4.78, 5) is 0. The normalized spacial score (nSPS) is 8.83. The Morgan fingerprint density at radius 3 is 3.00 bits per heavy atom. The van der Waals surface area contributed by atoms with Crippen molar-refractivity contribution < 1.29 is 4.42 Å². The van der Waals surface area contributed by atoms with Crippen molar-refractivity contribution in [2.24, 2.45) is 0 Å². The molecule has 0 radical (unpaired) electrons. The van der Waals surface area contributed by atoms with Crippen molar-refractivity contribution in [2.75, 3.05) is 6.54 Å². The lowest BCUT2D eigenvalue weighted by molar-refractivity contribution is 0.481. The fraction of sp³-hybridized carbons (Fsp3) is 0.222. The molecule has 12 heavy (non-hydrogen) atoms. The molecule has 0 aliphatic carbocycles. The zero-order valence-corrected chi connectivity index (χ0v) is 6.50. The van der Waals surface area contributed by atoms with Crippen LogP contribution in [0, 0.1) is 23.7 Å². The van der Waals surface area contributed by atoms with E-state index in [1.165, 1.54) is 0 Å². The second kappa shape index (κ2) is 4.23. The molecule has 0 aliphatic rings. The molecule has 0 aliphatic heterocycles. The lowest BCUT2D eigenvalue weighted by Crippen LogP contribution is -2.12. The molecule has 1 aromatic heterocycles. The van der Waals surface area contributed by atoms with Crippen LogP contribution in [0.15, 0.2) is 16.5 Å². The van der Waals surface area contributed by atoms with Gasteiger partial charge in [-0.2, -0.15) is 5.26 Å². The summed E-state index contributed by atoms with van der Waals surface area (Å²) in [5.74, 6) is 3.49. The number of rotatable bonds is 3. The first-order chi connectivity index (χ1) is 5.86. The largest absolute Gasteiger partial charge is 0.449 e. The maximum Gasteiger partial charge on any atom is 0.203 e. The Balaban J connectivity index is 2.44. The van der Waals surface area contributed by atoms with Gasteiger partial charge in [0.1, 0.15) is 11.8 Å². The standard InChI is InChI=1S/C9H8N2O/c1-2-5-11-7-9-4-3-8(6-10)12-9/h1,3-4,11H,5,7H2. The number of hydrogen-bond donors (Lipinski definition) is 1. The Morgan fingerprint density at radius 2 is 2.42 bits per heavy atom. The Morgan fingerprint density at radius 1 is 1.58 bits per heavy atom. The van der Waals surface area contributed by atoms with Gasteiger partial charge in [-0.25, -0.2) is 0 Å². The van der Waals surface area contributed by atoms with E-state index in [0.717, 1.165) is 5.76 Å². The molecule has 1 N–H and O–H groups in total. The topological polar surface area (TPSA) is 49.0 Å². The molecule has 0 saturated heterocycles. The van der Waals surface area contributed by atoms with Crippen LogP contribution in [0.1, 0.15) is 11.5 Å². The van der Waals surface area contributed by atoms with E-state index in [2.05, 4.69) is 11.2 Å². The summed E-state index contributed by atoms with van der Waals surface area (Å²) in [5, 5.41) is 11.4. The predicted molar refractivity (Wildman–Crippen MR) is 44.0 cm³/mol. The van der Waals surface area contributed by atoms with Crippen LogP contribution in [0.2, 0.25) is 0 Å². The zero-order valence-electron chi connectivity index (χ0n) is 6.50. The lowest BCUT2D eigenvalue weighted by atomic mass is 10.4. The molecule has 0 atom stereocenters. The Labute approximate surface area is 71.0 Å². The molecule has 0 bridgehead atoms. The highest BCUT2D eigenvalue weighted by atomic mass is 16.3. The zero-order chi connectivity index (χ0) is 8.81. The molecular weight excluding hydrogens is 152 g/mol. The van der Waals surface area contributed by atoms with E-state index in [0.29, 0.717) is 18.8 Å². The molecule has 0 amide bonds. The molecule has 0 aromatic carbocycles. The van der Waals surface area contributed by atoms with Crippen molar-refractivity contribution in [2.45, 2.75) is 6.54 Å². The van der Waals surface area contributed by atoms with Gasteiger partial charge in [0.15, 0.2) is 0 Å². The van der Waals surface area contributed by atoms with Crippen LogP contribution in [-0.2, 0) is 6.54 Å². The quantitative estimate of drug-likeness (QED) is 0.527. The van der Waals surface area contributed by atoms with Gasteiger partial charge in [-0.05, 0) is 12.1 Å². The van der Waals surface area contributed by atoms with Crippen molar-refractivity contribution in [1.82, 2.24) is 5.32 Å². The molecule has 1 rings (SSSR count). The van der Waals surface area contributed by atoms with Gasteiger partial charge in [0.05, 0.1) is 13.1 Å². The molecule has 3 heteroatoms. The van der Waals surface area contributed by atoms with Crippen LogP contribution in [0.5, 0.6) is 0 Å². The third-order valence-electron chi connectivity index (χ3n) is 1.30. The second-order valence-electron chi connectivity index (χ2n) is 2.19. The summed E-state index contributed by atoms with van der Waals surface area (Å²) in [6.45, 7) is 1.06. The van der Waals surface area contributed by atoms with Crippen molar-refractivity contribution in [3.05, 3.63) is 23.7 Å². The minimum atomic E-state index is 0.326. The van der Waals surface area contributed by atoms with Crippen LogP contribution >= 0.6 is 0 Å². The number of nitriles is 1. The van der Waals surface area contributed by atoms with Crippen molar-refractivity contribution in [1.29, 1.82) is 5.26 Å². The van der Waals surface area contributed by atoms with E-state index in [1.807, 2.05) is 6.07 Å². The van der Waals surface area contributed by atoms with E-state index in [-0.39, 0.29) is 0 Å². The van der Waals surface area contributed by atoms with Gasteiger partial charge in [-0.1, -0.05) is 5.92 Å². The first kappa shape index (κ1) is 8.39. The second-order valence-corrected chi connectivity index (χ2v) is 2.19. The van der Waals surface area contributed by atoms with Gasteiger partial charge < -0.3 is 4.42 Å². The summed E-state index contributed by atoms with van der Waals surface area (Å²) >= 11 is 0. The smallest absolute Gasteiger partial charge is 0.203 e. The number of terminal acetylenes is 1. The summed E-state index contributed by atoms with van der Waals surface area (Å²) in [7, 11) is 0. The molecule has 3 nitrogen and oxygen atoms in total. The minimum absolute atomic E-state index is 0.326. The monoisotopic (exact) mass is 160 g/mol. The molecule has 0 unspecified atom stereocenters. The number of furan rings is 1. The summed E-state index contributed by atoms with van der Waals surface area (Å²) in [6.07, 6.45) is 5.03. The molecular formula is C9H8N2O. The minimum Gasteiger partial charge on any atom is -0.449 e. The van der Waals surface area contributed by atoms with E-state index >= 15 is 0 Å². The van der Waals surface area contributed by atoms with Gasteiger partial charge >= 0.3 is 0 Å². The highest BCUT2D eigenvalue weighted by Gasteiger charge is 1.98. The maximum atomic E-state index is 8.43. The van der Waals surface area contributed by atoms with Crippen LogP contribution in [0.3, 0.4) is 0 Å². The molecule has 0 saturated carbocycles. The van der Waals surface area contributed by atoms with E-state index < -0.39 is 0 Å². The Bertz CT molecular complexity index is 327. The van der Waals surface area contributed by atoms with Gasteiger partial charge in [0, 0.05) is 0 Å². The number of hydrogen-bond acceptors (Lipinski definition) is 3. The SMILES string of the molecule is C#CCNCc1ccc(C#N)o1. The van der Waals surface area contributed by atoms with Crippen molar-refractivity contribution in [3.63, 3.8) is 0 Å². The first-order valence-corrected chi connectivity index (χ1v) is 3.50. The van der Waals surface area contributed by atoms with Gasteiger partial charge in [0.2, 0.25) is 5.76 Å². The third-order valence-corrected chi connectivity index (χ3v) is 1.30. The molecule has 60 valence electrons. The summed E-state index contributed by atoms with van der Waals surface area (Å²) in [6, 6.07) is 5.29. The van der Waals surface area contributed by atoms with Crippen LogP contribution < -0.4 is 5.32 Å². The number of nitrogens with one attached hydrogen (secondary N) is 1. The van der Waals surface area contributed by atoms with Gasteiger partial charge in [0.25, 0.3) is 0 Å². The number of nitrogens with zero attached hydrogens (tertiary/aromatic N) is 1. The lowest BCUT2D eigenvalue weighted by Gasteiger charge is -1.94. The molecule has 1 aromatic rings. The fourth-order valence-corrected chi connectivity index (χ4v) is 0.791. The maximum absolute atomic E-state index is 8.43. The predicted octanol–water partition coefficient (Wildman–Crippen LogP) is 0.874. The van der Waals surface area contributed by atoms with Crippen LogP contribution in [0.4, 0.5) is 0 Å². The molecule has 0 fully saturated rings. The van der Waals surface area contributed by atoms with Gasteiger partial charge in [-0.3, -0.25) is 5.32 Å². The first-order valence-electron chi connectivity index (χ1n) is 3.50. The van der Waals surface area contributed by atoms with Gasteiger partial charge in [-0.15, -0.1) is 6.42 Å². The third kappa shape index (κ3) is 2.16. The van der Waals surface area contributed by atoms with Crippen LogP contribution in [0.25, 0.3) is 0 Å². The summed E-state index contributed by atoms with van der Waals surface area (Å²) in [5.41, 5.74) is 0. The van der Waals surface area contributed by atoms with Crippen molar-refractivity contribution in [3.8, 4) is 18.4 Å². The Kier molecular flexibility index (Phi) is 2.95. The fourth-order valence-electron chi connectivity index (χ4n) is 0.791. The van der Waals surface area contributed by atoms with Crippen molar-refractivity contribution >= 4 is 0 Å².